The molecule has 2 rings (SSSR count). The van der Waals surface area contributed by atoms with Crippen LogP contribution in [0.5, 0.6) is 0 Å². The Kier molecular flexibility index (Phi) is 3.35. The maximum Gasteiger partial charge on any atom is 0.160 e. The first-order valence-electron chi connectivity index (χ1n) is 5.18. The van der Waals surface area contributed by atoms with Gasteiger partial charge in [-0.15, -0.1) is 0 Å². The first-order chi connectivity index (χ1) is 7.63. The molecule has 16 heavy (non-hydrogen) atoms. The van der Waals surface area contributed by atoms with Crippen molar-refractivity contribution in [2.24, 2.45) is 0 Å². The Balaban J connectivity index is 2.57. The summed E-state index contributed by atoms with van der Waals surface area (Å²) in [5.41, 5.74) is 0.622. The van der Waals surface area contributed by atoms with Gasteiger partial charge in [0.15, 0.2) is 11.6 Å². The maximum atomic E-state index is 13.2. The number of rotatable bonds is 1. The zero-order valence-corrected chi connectivity index (χ0v) is 9.74. The molecule has 2 nitrogen and oxygen atoms in total. The van der Waals surface area contributed by atoms with Gasteiger partial charge in [0.05, 0.1) is 10.8 Å². The molecule has 0 saturated carbocycles. The Hall–Kier alpha value is -0.810. The fourth-order valence-corrected chi connectivity index (χ4v) is 3.35. The zero-order valence-electron chi connectivity index (χ0n) is 8.93. The lowest BCUT2D eigenvalue weighted by Gasteiger charge is -2.16. The standard InChI is InChI=1S/C11H13F2NOS/c1-14-10-3-2-4-16(15)11-6-9(13)8(12)5-7(10)11/h5-6,10,14H,2-4H2,1H3. The minimum atomic E-state index is -1.22. The molecule has 0 aromatic heterocycles. The van der Waals surface area contributed by atoms with Crippen molar-refractivity contribution in [1.29, 1.82) is 0 Å². The van der Waals surface area contributed by atoms with Crippen LogP contribution in [0.15, 0.2) is 17.0 Å². The second kappa shape index (κ2) is 4.59. The highest BCUT2D eigenvalue weighted by Gasteiger charge is 2.23. The third-order valence-corrected chi connectivity index (χ3v) is 4.35. The van der Waals surface area contributed by atoms with Crippen molar-refractivity contribution < 1.29 is 13.0 Å². The molecule has 0 saturated heterocycles. The van der Waals surface area contributed by atoms with Crippen molar-refractivity contribution in [3.8, 4) is 0 Å². The Morgan fingerprint density at radius 1 is 1.38 bits per heavy atom. The summed E-state index contributed by atoms with van der Waals surface area (Å²) in [6, 6.07) is 2.18. The molecule has 1 aliphatic heterocycles. The van der Waals surface area contributed by atoms with E-state index in [4.69, 9.17) is 0 Å². The van der Waals surface area contributed by atoms with Crippen molar-refractivity contribution in [2.45, 2.75) is 23.8 Å². The summed E-state index contributed by atoms with van der Waals surface area (Å²) in [7, 11) is 0.548. The molecule has 0 amide bonds. The van der Waals surface area contributed by atoms with Crippen LogP contribution in [0, 0.1) is 11.6 Å². The topological polar surface area (TPSA) is 29.1 Å². The van der Waals surface area contributed by atoms with Gasteiger partial charge < -0.3 is 5.32 Å². The number of benzene rings is 1. The molecule has 1 aliphatic rings. The first kappa shape index (κ1) is 11.7. The molecule has 88 valence electrons. The highest BCUT2D eigenvalue weighted by atomic mass is 32.2. The normalized spacial score (nSPS) is 24.9. The van der Waals surface area contributed by atoms with Crippen molar-refractivity contribution in [1.82, 2.24) is 5.32 Å². The summed E-state index contributed by atoms with van der Waals surface area (Å²) >= 11 is 0. The van der Waals surface area contributed by atoms with Gasteiger partial charge in [0.1, 0.15) is 0 Å². The summed E-state index contributed by atoms with van der Waals surface area (Å²) in [5.74, 6) is -1.29. The summed E-state index contributed by atoms with van der Waals surface area (Å²) in [6.45, 7) is 0. The quantitative estimate of drug-likeness (QED) is 0.821. The van der Waals surface area contributed by atoms with Gasteiger partial charge in [-0.1, -0.05) is 0 Å². The van der Waals surface area contributed by atoms with E-state index >= 15 is 0 Å². The Morgan fingerprint density at radius 2 is 2.06 bits per heavy atom. The van der Waals surface area contributed by atoms with E-state index in [2.05, 4.69) is 5.32 Å². The summed E-state index contributed by atoms with van der Waals surface area (Å²) in [6.07, 6.45) is 1.58. The molecule has 0 aliphatic carbocycles. The smallest absolute Gasteiger partial charge is 0.160 e. The zero-order chi connectivity index (χ0) is 11.7. The first-order valence-corrected chi connectivity index (χ1v) is 6.50. The lowest BCUT2D eigenvalue weighted by Crippen LogP contribution is -2.17. The van der Waals surface area contributed by atoms with Crippen LogP contribution >= 0.6 is 0 Å². The van der Waals surface area contributed by atoms with Crippen LogP contribution in [0.3, 0.4) is 0 Å². The Labute approximate surface area is 95.5 Å². The van der Waals surface area contributed by atoms with Crippen molar-refractivity contribution in [3.05, 3.63) is 29.3 Å². The number of hydrogen-bond acceptors (Lipinski definition) is 2. The van der Waals surface area contributed by atoms with Crippen LogP contribution in [0.2, 0.25) is 0 Å². The van der Waals surface area contributed by atoms with Crippen molar-refractivity contribution in [3.63, 3.8) is 0 Å². The van der Waals surface area contributed by atoms with Gasteiger partial charge in [0, 0.05) is 16.7 Å². The fraction of sp³-hybridized carbons (Fsp3) is 0.455. The van der Waals surface area contributed by atoms with Crippen LogP contribution < -0.4 is 5.32 Å². The largest absolute Gasteiger partial charge is 0.313 e. The third kappa shape index (κ3) is 2.01. The van der Waals surface area contributed by atoms with Gasteiger partial charge in [0.2, 0.25) is 0 Å². The lowest BCUT2D eigenvalue weighted by molar-refractivity contribution is 0.490. The van der Waals surface area contributed by atoms with E-state index in [1.54, 1.807) is 7.05 Å². The van der Waals surface area contributed by atoms with Gasteiger partial charge in [-0.3, -0.25) is 4.21 Å². The molecule has 5 heteroatoms. The van der Waals surface area contributed by atoms with Gasteiger partial charge in [0.25, 0.3) is 0 Å². The summed E-state index contributed by atoms with van der Waals surface area (Å²) in [4.78, 5) is 0.427. The minimum Gasteiger partial charge on any atom is -0.313 e. The van der Waals surface area contributed by atoms with Crippen LogP contribution in [0.4, 0.5) is 8.78 Å². The predicted molar refractivity (Wildman–Crippen MR) is 58.7 cm³/mol. The molecule has 0 fully saturated rings. The SMILES string of the molecule is CNC1CCCS(=O)c2cc(F)c(F)cc21. The Bertz CT molecular complexity index is 436. The van der Waals surface area contributed by atoms with E-state index in [-0.39, 0.29) is 6.04 Å². The molecule has 1 aromatic rings. The molecule has 0 spiro atoms. The van der Waals surface area contributed by atoms with E-state index in [0.717, 1.165) is 25.0 Å². The van der Waals surface area contributed by atoms with Crippen LogP contribution in [-0.4, -0.2) is 17.0 Å². The highest BCUT2D eigenvalue weighted by Crippen LogP contribution is 2.30. The molecular weight excluding hydrogens is 232 g/mol. The van der Waals surface area contributed by atoms with Crippen LogP contribution in [-0.2, 0) is 10.8 Å². The highest BCUT2D eigenvalue weighted by molar-refractivity contribution is 7.85. The van der Waals surface area contributed by atoms with E-state index in [1.807, 2.05) is 0 Å². The summed E-state index contributed by atoms with van der Waals surface area (Å²) in [5, 5.41) is 3.04. The second-order valence-electron chi connectivity index (χ2n) is 3.84. The van der Waals surface area contributed by atoms with Gasteiger partial charge >= 0.3 is 0 Å². The molecule has 2 atom stereocenters. The third-order valence-electron chi connectivity index (χ3n) is 2.84. The predicted octanol–water partition coefficient (Wildman–Crippen LogP) is 2.13. The molecule has 2 unspecified atom stereocenters. The molecule has 1 N–H and O–H groups in total. The van der Waals surface area contributed by atoms with Gasteiger partial charge in [-0.05, 0) is 37.6 Å². The maximum absolute atomic E-state index is 13.2. The molecule has 0 bridgehead atoms. The van der Waals surface area contributed by atoms with E-state index in [1.165, 1.54) is 0 Å². The van der Waals surface area contributed by atoms with Crippen LogP contribution in [0.1, 0.15) is 24.4 Å². The van der Waals surface area contributed by atoms with Gasteiger partial charge in [-0.2, -0.15) is 0 Å². The van der Waals surface area contributed by atoms with E-state index < -0.39 is 22.4 Å². The average molecular weight is 245 g/mol. The van der Waals surface area contributed by atoms with Crippen LogP contribution in [0.25, 0.3) is 0 Å². The van der Waals surface area contributed by atoms with Crippen molar-refractivity contribution in [2.75, 3.05) is 12.8 Å². The second-order valence-corrected chi connectivity index (χ2v) is 5.38. The Morgan fingerprint density at radius 3 is 2.75 bits per heavy atom. The number of halogens is 2. The van der Waals surface area contributed by atoms with Gasteiger partial charge in [-0.25, -0.2) is 8.78 Å². The molecule has 0 radical (unpaired) electrons. The molecular formula is C11H13F2NOS. The average Bonchev–Trinajstić information content (AvgIpc) is 2.40. The number of hydrogen-bond donors (Lipinski definition) is 1. The fourth-order valence-electron chi connectivity index (χ4n) is 2.00. The number of fused-ring (bicyclic) bond motifs is 1. The monoisotopic (exact) mass is 245 g/mol. The van der Waals surface area contributed by atoms with E-state index in [9.17, 15) is 13.0 Å². The minimum absolute atomic E-state index is 0.0449. The van der Waals surface area contributed by atoms with E-state index in [0.29, 0.717) is 16.2 Å². The molecule has 1 heterocycles. The number of nitrogens with one attached hydrogen (secondary N) is 1. The summed E-state index contributed by atoms with van der Waals surface area (Å²) < 4.78 is 38.1. The molecule has 1 aromatic carbocycles. The lowest BCUT2D eigenvalue weighted by atomic mass is 10.0. The van der Waals surface area contributed by atoms with Crippen molar-refractivity contribution >= 4 is 10.8 Å².